The Morgan fingerprint density at radius 1 is 1.12 bits per heavy atom. The Morgan fingerprint density at radius 2 is 1.88 bits per heavy atom. The molecule has 0 aliphatic rings. The summed E-state index contributed by atoms with van der Waals surface area (Å²) in [6, 6.07) is 13.4. The minimum atomic E-state index is -1.01. The van der Waals surface area contributed by atoms with E-state index in [4.69, 9.17) is 0 Å². The Labute approximate surface area is 97.8 Å². The van der Waals surface area contributed by atoms with Gasteiger partial charge in [0, 0.05) is 11.1 Å². The van der Waals surface area contributed by atoms with Crippen LogP contribution in [0.4, 0.5) is 0 Å². The first-order valence-electron chi connectivity index (χ1n) is 5.10. The molecule has 3 heteroatoms. The molecule has 0 aliphatic heterocycles. The van der Waals surface area contributed by atoms with Crippen molar-refractivity contribution in [2.75, 3.05) is 0 Å². The van der Waals surface area contributed by atoms with Gasteiger partial charge in [0.2, 0.25) is 0 Å². The standard InChI is InChI=1S/C13H13NOS/c1-11-5-7-13(8-6-11)16(15)10-12-4-2-3-9-14-12/h2-9H,10H2,1H3/t16-/m1/s1. The monoisotopic (exact) mass is 231 g/mol. The molecule has 0 radical (unpaired) electrons. The predicted octanol–water partition coefficient (Wildman–Crippen LogP) is 2.70. The molecule has 1 aromatic carbocycles. The maximum atomic E-state index is 12.0. The lowest BCUT2D eigenvalue weighted by Gasteiger charge is -2.02. The van der Waals surface area contributed by atoms with E-state index in [1.807, 2.05) is 49.4 Å². The maximum Gasteiger partial charge on any atom is 0.0705 e. The van der Waals surface area contributed by atoms with Crippen molar-refractivity contribution >= 4 is 10.8 Å². The first-order chi connectivity index (χ1) is 7.75. The van der Waals surface area contributed by atoms with Gasteiger partial charge in [0.1, 0.15) is 0 Å². The van der Waals surface area contributed by atoms with Crippen molar-refractivity contribution in [2.45, 2.75) is 17.6 Å². The van der Waals surface area contributed by atoms with Crippen LogP contribution in [0.3, 0.4) is 0 Å². The van der Waals surface area contributed by atoms with Crippen molar-refractivity contribution in [3.8, 4) is 0 Å². The smallest absolute Gasteiger partial charge is 0.0705 e. The van der Waals surface area contributed by atoms with Gasteiger partial charge in [-0.05, 0) is 31.2 Å². The molecule has 1 heterocycles. The summed E-state index contributed by atoms with van der Waals surface area (Å²) in [5.74, 6) is 0.476. The van der Waals surface area contributed by atoms with Crippen LogP contribution in [0.1, 0.15) is 11.3 Å². The molecule has 0 saturated heterocycles. The summed E-state index contributed by atoms with van der Waals surface area (Å²) in [6.07, 6.45) is 1.72. The van der Waals surface area contributed by atoms with Gasteiger partial charge >= 0.3 is 0 Å². The topological polar surface area (TPSA) is 30.0 Å². The zero-order valence-electron chi connectivity index (χ0n) is 9.09. The van der Waals surface area contributed by atoms with E-state index in [2.05, 4.69) is 4.98 Å². The maximum absolute atomic E-state index is 12.0. The van der Waals surface area contributed by atoms with Crippen LogP contribution in [-0.4, -0.2) is 9.19 Å². The molecule has 2 nitrogen and oxygen atoms in total. The lowest BCUT2D eigenvalue weighted by Crippen LogP contribution is -1.98. The van der Waals surface area contributed by atoms with Crippen LogP contribution in [0.15, 0.2) is 53.6 Å². The quantitative estimate of drug-likeness (QED) is 0.813. The Balaban J connectivity index is 2.12. The van der Waals surface area contributed by atoms with E-state index in [1.165, 1.54) is 5.56 Å². The number of rotatable bonds is 3. The van der Waals surface area contributed by atoms with Crippen molar-refractivity contribution in [1.29, 1.82) is 0 Å². The SMILES string of the molecule is Cc1ccc([S@](=O)Cc2ccccn2)cc1. The van der Waals surface area contributed by atoms with Crippen LogP contribution in [0.25, 0.3) is 0 Å². The van der Waals surface area contributed by atoms with Gasteiger partial charge in [-0.2, -0.15) is 0 Å². The van der Waals surface area contributed by atoms with Crippen molar-refractivity contribution in [2.24, 2.45) is 0 Å². The van der Waals surface area contributed by atoms with E-state index in [1.54, 1.807) is 6.20 Å². The zero-order chi connectivity index (χ0) is 11.4. The van der Waals surface area contributed by atoms with E-state index < -0.39 is 10.8 Å². The van der Waals surface area contributed by atoms with Crippen LogP contribution < -0.4 is 0 Å². The van der Waals surface area contributed by atoms with Crippen molar-refractivity contribution in [1.82, 2.24) is 4.98 Å². The fraction of sp³-hybridized carbons (Fsp3) is 0.154. The fourth-order valence-corrected chi connectivity index (χ4v) is 2.44. The van der Waals surface area contributed by atoms with E-state index in [9.17, 15) is 4.21 Å². The number of nitrogens with zero attached hydrogens (tertiary/aromatic N) is 1. The fourth-order valence-electron chi connectivity index (χ4n) is 1.39. The van der Waals surface area contributed by atoms with E-state index in [0.29, 0.717) is 5.75 Å². The Bertz CT molecular complexity index is 479. The summed E-state index contributed by atoms with van der Waals surface area (Å²) in [6.45, 7) is 2.02. The summed E-state index contributed by atoms with van der Waals surface area (Å²) in [4.78, 5) is 5.03. The van der Waals surface area contributed by atoms with Gasteiger partial charge < -0.3 is 0 Å². The van der Waals surface area contributed by atoms with E-state index in [-0.39, 0.29) is 0 Å². The number of aryl methyl sites for hydroxylation is 1. The third kappa shape index (κ3) is 2.76. The second kappa shape index (κ2) is 5.03. The third-order valence-corrected chi connectivity index (χ3v) is 3.64. The molecule has 82 valence electrons. The lowest BCUT2D eigenvalue weighted by molar-refractivity contribution is 0.682. The van der Waals surface area contributed by atoms with Crippen LogP contribution in [0.2, 0.25) is 0 Å². The molecule has 16 heavy (non-hydrogen) atoms. The molecular weight excluding hydrogens is 218 g/mol. The molecular formula is C13H13NOS. The Hall–Kier alpha value is -1.48. The number of hydrogen-bond donors (Lipinski definition) is 0. The van der Waals surface area contributed by atoms with Crippen LogP contribution in [0, 0.1) is 6.92 Å². The van der Waals surface area contributed by atoms with Gasteiger partial charge in [0.25, 0.3) is 0 Å². The minimum Gasteiger partial charge on any atom is -0.260 e. The van der Waals surface area contributed by atoms with E-state index in [0.717, 1.165) is 10.6 Å². The number of hydrogen-bond acceptors (Lipinski definition) is 2. The largest absolute Gasteiger partial charge is 0.260 e. The van der Waals surface area contributed by atoms with E-state index >= 15 is 0 Å². The van der Waals surface area contributed by atoms with Gasteiger partial charge in [0.05, 0.1) is 22.2 Å². The molecule has 0 aliphatic carbocycles. The molecule has 1 aromatic heterocycles. The summed E-state index contributed by atoms with van der Waals surface area (Å²) in [5, 5.41) is 0. The number of pyridine rings is 1. The van der Waals surface area contributed by atoms with Gasteiger partial charge in [-0.3, -0.25) is 9.19 Å². The van der Waals surface area contributed by atoms with Crippen LogP contribution in [-0.2, 0) is 16.6 Å². The predicted molar refractivity (Wildman–Crippen MR) is 65.5 cm³/mol. The number of aromatic nitrogens is 1. The van der Waals surface area contributed by atoms with Gasteiger partial charge in [-0.1, -0.05) is 23.8 Å². The summed E-state index contributed by atoms with van der Waals surface area (Å²) in [7, 11) is -1.01. The van der Waals surface area contributed by atoms with Crippen molar-refractivity contribution in [3.63, 3.8) is 0 Å². The molecule has 0 spiro atoms. The highest BCUT2D eigenvalue weighted by atomic mass is 32.2. The highest BCUT2D eigenvalue weighted by molar-refractivity contribution is 7.84. The molecule has 0 fully saturated rings. The first kappa shape index (κ1) is 11.0. The summed E-state index contributed by atoms with van der Waals surface area (Å²) >= 11 is 0. The molecule has 0 amide bonds. The molecule has 2 aromatic rings. The third-order valence-electron chi connectivity index (χ3n) is 2.29. The van der Waals surface area contributed by atoms with Gasteiger partial charge in [-0.25, -0.2) is 0 Å². The molecule has 1 atom stereocenters. The van der Waals surface area contributed by atoms with Crippen molar-refractivity contribution < 1.29 is 4.21 Å². The second-order valence-electron chi connectivity index (χ2n) is 3.62. The highest BCUT2D eigenvalue weighted by Gasteiger charge is 2.04. The van der Waals surface area contributed by atoms with Gasteiger partial charge in [-0.15, -0.1) is 0 Å². The normalized spacial score (nSPS) is 12.3. The molecule has 0 N–H and O–H groups in total. The average molecular weight is 231 g/mol. The Kier molecular flexibility index (Phi) is 3.47. The summed E-state index contributed by atoms with van der Waals surface area (Å²) < 4.78 is 12.0. The average Bonchev–Trinajstić information content (AvgIpc) is 2.31. The first-order valence-corrected chi connectivity index (χ1v) is 6.42. The molecule has 0 saturated carbocycles. The van der Waals surface area contributed by atoms with Crippen LogP contribution in [0.5, 0.6) is 0 Å². The Morgan fingerprint density at radius 3 is 2.50 bits per heavy atom. The van der Waals surface area contributed by atoms with Crippen molar-refractivity contribution in [3.05, 3.63) is 59.9 Å². The summed E-state index contributed by atoms with van der Waals surface area (Å²) in [5.41, 5.74) is 2.04. The lowest BCUT2D eigenvalue weighted by atomic mass is 10.2. The molecule has 0 bridgehead atoms. The molecule has 0 unspecified atom stereocenters. The number of benzene rings is 1. The molecule has 2 rings (SSSR count). The highest BCUT2D eigenvalue weighted by Crippen LogP contribution is 2.11. The zero-order valence-corrected chi connectivity index (χ0v) is 9.91. The van der Waals surface area contributed by atoms with Gasteiger partial charge in [0.15, 0.2) is 0 Å². The minimum absolute atomic E-state index is 0.476. The second-order valence-corrected chi connectivity index (χ2v) is 5.08. The van der Waals surface area contributed by atoms with Crippen LogP contribution >= 0.6 is 0 Å².